The lowest BCUT2D eigenvalue weighted by molar-refractivity contribution is -0.137. The summed E-state index contributed by atoms with van der Waals surface area (Å²) in [7, 11) is 1.97. The zero-order valence-corrected chi connectivity index (χ0v) is 17.6. The Hall–Kier alpha value is -0.900. The standard InChI is InChI=1S/C23H38N2O2/c1-22-11-9-17(25-27-14-4-13-24-3)15-16(22)5-6-18-19-7-8-21(26)23(19,2)12-10-20(18)22/h16,18-20,24H,4-15H2,1-3H3/t16?,18?,19?,20?,22-,23-/m0/s1. The molecular formula is C23H38N2O2. The second-order valence-electron chi connectivity index (χ2n) is 10.2. The Morgan fingerprint density at radius 1 is 1.11 bits per heavy atom. The molecule has 27 heavy (non-hydrogen) atoms. The molecule has 4 saturated carbocycles. The largest absolute Gasteiger partial charge is 0.396 e. The van der Waals surface area contributed by atoms with Crippen LogP contribution in [0.25, 0.3) is 0 Å². The molecule has 0 aromatic rings. The summed E-state index contributed by atoms with van der Waals surface area (Å²) in [4.78, 5) is 18.1. The van der Waals surface area contributed by atoms with Crippen molar-refractivity contribution in [3.05, 3.63) is 0 Å². The van der Waals surface area contributed by atoms with Crippen LogP contribution in [0.2, 0.25) is 0 Å². The normalized spacial score (nSPS) is 45.3. The third-order valence-electron chi connectivity index (χ3n) is 9.06. The van der Waals surface area contributed by atoms with Gasteiger partial charge in [0, 0.05) is 11.8 Å². The van der Waals surface area contributed by atoms with Gasteiger partial charge in [-0.1, -0.05) is 19.0 Å². The number of carbonyl (C=O) groups is 1. The molecular weight excluding hydrogens is 336 g/mol. The smallest absolute Gasteiger partial charge is 0.139 e. The van der Waals surface area contributed by atoms with E-state index in [9.17, 15) is 4.79 Å². The van der Waals surface area contributed by atoms with Gasteiger partial charge in [0.05, 0.1) is 5.71 Å². The molecule has 0 heterocycles. The molecule has 0 bridgehead atoms. The van der Waals surface area contributed by atoms with Crippen LogP contribution in [0.3, 0.4) is 0 Å². The fourth-order valence-corrected chi connectivity index (χ4v) is 7.36. The SMILES string of the molecule is CNCCCON=C1CC[C@@]2(C)C(CCC3C2CC[C@]2(C)C(=O)CCC32)C1. The Kier molecular flexibility index (Phi) is 5.39. The molecule has 0 aliphatic heterocycles. The lowest BCUT2D eigenvalue weighted by atomic mass is 9.45. The van der Waals surface area contributed by atoms with E-state index in [1.807, 2.05) is 7.05 Å². The molecule has 1 N–H and O–H groups in total. The Bertz CT molecular complexity index is 603. The summed E-state index contributed by atoms with van der Waals surface area (Å²) < 4.78 is 0. The summed E-state index contributed by atoms with van der Waals surface area (Å²) in [5.41, 5.74) is 1.74. The molecule has 4 heteroatoms. The molecule has 0 aromatic carbocycles. The maximum Gasteiger partial charge on any atom is 0.139 e. The maximum absolute atomic E-state index is 12.5. The van der Waals surface area contributed by atoms with Crippen molar-refractivity contribution in [1.82, 2.24) is 5.32 Å². The number of ketones is 1. The van der Waals surface area contributed by atoms with E-state index in [-0.39, 0.29) is 5.41 Å². The Labute approximate surface area is 164 Å². The molecule has 0 aromatic heterocycles. The fourth-order valence-electron chi connectivity index (χ4n) is 7.36. The zero-order valence-electron chi connectivity index (χ0n) is 17.6. The fraction of sp³-hybridized carbons (Fsp3) is 0.913. The van der Waals surface area contributed by atoms with Gasteiger partial charge in [0.1, 0.15) is 12.4 Å². The molecule has 0 saturated heterocycles. The first kappa shape index (κ1) is 19.4. The van der Waals surface area contributed by atoms with Crippen LogP contribution in [0.1, 0.15) is 78.1 Å². The predicted molar refractivity (Wildman–Crippen MR) is 109 cm³/mol. The molecule has 4 aliphatic carbocycles. The van der Waals surface area contributed by atoms with Gasteiger partial charge in [0.15, 0.2) is 0 Å². The minimum Gasteiger partial charge on any atom is -0.396 e. The Balaban J connectivity index is 1.42. The van der Waals surface area contributed by atoms with E-state index in [1.165, 1.54) is 31.4 Å². The molecule has 4 aliphatic rings. The van der Waals surface area contributed by atoms with Crippen molar-refractivity contribution in [1.29, 1.82) is 0 Å². The van der Waals surface area contributed by atoms with Gasteiger partial charge in [-0.25, -0.2) is 0 Å². The summed E-state index contributed by atoms with van der Waals surface area (Å²) in [6.07, 6.45) is 11.5. The van der Waals surface area contributed by atoms with Crippen LogP contribution in [0.4, 0.5) is 0 Å². The number of fused-ring (bicyclic) bond motifs is 5. The lowest BCUT2D eigenvalue weighted by Gasteiger charge is -2.59. The molecule has 152 valence electrons. The van der Waals surface area contributed by atoms with Crippen LogP contribution >= 0.6 is 0 Å². The van der Waals surface area contributed by atoms with Gasteiger partial charge in [0.25, 0.3) is 0 Å². The molecule has 0 spiro atoms. The van der Waals surface area contributed by atoms with Gasteiger partial charge in [-0.3, -0.25) is 4.79 Å². The summed E-state index contributed by atoms with van der Waals surface area (Å²) in [5.74, 6) is 3.58. The van der Waals surface area contributed by atoms with Crippen LogP contribution in [-0.4, -0.2) is 31.7 Å². The van der Waals surface area contributed by atoms with E-state index in [1.54, 1.807) is 0 Å². The highest BCUT2D eigenvalue weighted by Crippen LogP contribution is 2.65. The van der Waals surface area contributed by atoms with Crippen molar-refractivity contribution in [3.63, 3.8) is 0 Å². The Morgan fingerprint density at radius 3 is 2.78 bits per heavy atom. The van der Waals surface area contributed by atoms with Crippen LogP contribution in [0.15, 0.2) is 5.16 Å². The van der Waals surface area contributed by atoms with E-state index in [2.05, 4.69) is 24.3 Å². The van der Waals surface area contributed by atoms with E-state index >= 15 is 0 Å². The highest BCUT2D eigenvalue weighted by Gasteiger charge is 2.60. The second-order valence-corrected chi connectivity index (χ2v) is 10.2. The minimum absolute atomic E-state index is 0.00678. The molecule has 0 amide bonds. The van der Waals surface area contributed by atoms with Crippen LogP contribution < -0.4 is 5.32 Å². The average Bonchev–Trinajstić information content (AvgIpc) is 2.97. The van der Waals surface area contributed by atoms with E-state index in [0.29, 0.717) is 23.7 Å². The number of oxime groups is 1. The number of carbonyl (C=O) groups excluding carboxylic acids is 1. The molecule has 0 radical (unpaired) electrons. The first-order valence-corrected chi connectivity index (χ1v) is 11.3. The van der Waals surface area contributed by atoms with Gasteiger partial charge in [0.2, 0.25) is 0 Å². The van der Waals surface area contributed by atoms with E-state index in [4.69, 9.17) is 4.84 Å². The van der Waals surface area contributed by atoms with Gasteiger partial charge in [-0.15, -0.1) is 0 Å². The first-order chi connectivity index (χ1) is 13.0. The predicted octanol–water partition coefficient (Wildman–Crippen LogP) is 4.58. The highest BCUT2D eigenvalue weighted by atomic mass is 16.6. The second kappa shape index (κ2) is 7.50. The summed E-state index contributed by atoms with van der Waals surface area (Å²) in [6, 6.07) is 0. The summed E-state index contributed by atoms with van der Waals surface area (Å²) in [5, 5.41) is 7.65. The maximum atomic E-state index is 12.5. The van der Waals surface area contributed by atoms with Crippen molar-refractivity contribution < 1.29 is 9.63 Å². The van der Waals surface area contributed by atoms with Gasteiger partial charge in [-0.05, 0) is 100 Å². The number of nitrogens with one attached hydrogen (secondary N) is 1. The zero-order chi connectivity index (χ0) is 19.1. The first-order valence-electron chi connectivity index (χ1n) is 11.3. The van der Waals surface area contributed by atoms with E-state index in [0.717, 1.165) is 62.8 Å². The summed E-state index contributed by atoms with van der Waals surface area (Å²) >= 11 is 0. The molecule has 4 nitrogen and oxygen atoms in total. The molecule has 6 atom stereocenters. The third kappa shape index (κ3) is 3.26. The number of Topliss-reactive ketones (excluding diaryl/α,β-unsaturated/α-hetero) is 1. The summed E-state index contributed by atoms with van der Waals surface area (Å²) in [6.45, 7) is 6.55. The Morgan fingerprint density at radius 2 is 1.96 bits per heavy atom. The number of nitrogens with zero attached hydrogens (tertiary/aromatic N) is 1. The van der Waals surface area contributed by atoms with Crippen molar-refractivity contribution in [2.45, 2.75) is 78.1 Å². The van der Waals surface area contributed by atoms with Crippen molar-refractivity contribution in [2.75, 3.05) is 20.2 Å². The highest BCUT2D eigenvalue weighted by molar-refractivity contribution is 5.87. The van der Waals surface area contributed by atoms with Crippen molar-refractivity contribution >= 4 is 11.5 Å². The molecule has 4 fully saturated rings. The van der Waals surface area contributed by atoms with Crippen LogP contribution in [-0.2, 0) is 9.63 Å². The lowest BCUT2D eigenvalue weighted by Crippen LogP contribution is -2.53. The number of rotatable bonds is 5. The average molecular weight is 375 g/mol. The molecule has 4 unspecified atom stereocenters. The van der Waals surface area contributed by atoms with E-state index < -0.39 is 0 Å². The number of hydrogen-bond acceptors (Lipinski definition) is 4. The van der Waals surface area contributed by atoms with Gasteiger partial charge in [-0.2, -0.15) is 0 Å². The van der Waals surface area contributed by atoms with Gasteiger partial charge < -0.3 is 10.2 Å². The quantitative estimate of drug-likeness (QED) is 0.566. The van der Waals surface area contributed by atoms with Crippen molar-refractivity contribution in [3.8, 4) is 0 Å². The third-order valence-corrected chi connectivity index (χ3v) is 9.06. The van der Waals surface area contributed by atoms with Crippen LogP contribution in [0.5, 0.6) is 0 Å². The number of hydrogen-bond donors (Lipinski definition) is 1. The molecule has 4 rings (SSSR count). The van der Waals surface area contributed by atoms with Crippen molar-refractivity contribution in [2.24, 2.45) is 39.7 Å². The van der Waals surface area contributed by atoms with Crippen LogP contribution in [0, 0.1) is 34.5 Å². The minimum atomic E-state index is 0.00678. The monoisotopic (exact) mass is 374 g/mol. The topological polar surface area (TPSA) is 50.7 Å². The van der Waals surface area contributed by atoms with Gasteiger partial charge >= 0.3 is 0 Å².